The van der Waals surface area contributed by atoms with Crippen molar-refractivity contribution in [3.63, 3.8) is 0 Å². The van der Waals surface area contributed by atoms with Gasteiger partial charge >= 0.3 is 18.6 Å². The van der Waals surface area contributed by atoms with Gasteiger partial charge in [-0.05, 0) is 71.9 Å². The second-order valence-corrected chi connectivity index (χ2v) is 11.0. The summed E-state index contributed by atoms with van der Waals surface area (Å²) in [5.41, 5.74) is 10.9. The van der Waals surface area contributed by atoms with Crippen LogP contribution in [0.4, 0.5) is 11.4 Å². The maximum absolute atomic E-state index is 5.15. The molecule has 0 saturated carbocycles. The van der Waals surface area contributed by atoms with E-state index in [1.165, 1.54) is 22.3 Å². The van der Waals surface area contributed by atoms with Crippen molar-refractivity contribution >= 4 is 22.8 Å². The Kier molecular flexibility index (Phi) is 15.6. The van der Waals surface area contributed by atoms with Gasteiger partial charge in [-0.1, -0.05) is 97.9 Å². The van der Waals surface area contributed by atoms with Crippen LogP contribution in [0.2, 0.25) is 0 Å². The van der Waals surface area contributed by atoms with E-state index in [4.69, 9.17) is 15.0 Å². The van der Waals surface area contributed by atoms with Gasteiger partial charge in [0.15, 0.2) is 0 Å². The Morgan fingerprint density at radius 3 is 1.03 bits per heavy atom. The molecule has 0 aliphatic heterocycles. The number of benzene rings is 2. The van der Waals surface area contributed by atoms with Crippen molar-refractivity contribution in [1.82, 2.24) is 4.98 Å². The van der Waals surface area contributed by atoms with E-state index < -0.39 is 0 Å². The maximum Gasteiger partial charge on any atom is 2.00 e. The fourth-order valence-electron chi connectivity index (χ4n) is 4.57. The number of hydrogen-bond acceptors (Lipinski definition) is 3. The molecule has 0 N–H and O–H groups in total. The van der Waals surface area contributed by atoms with Gasteiger partial charge in [-0.2, -0.15) is 0 Å². The number of aromatic nitrogens is 1. The van der Waals surface area contributed by atoms with E-state index in [9.17, 15) is 0 Å². The van der Waals surface area contributed by atoms with E-state index in [1.54, 1.807) is 0 Å². The largest absolute Gasteiger partial charge is 2.00 e. The number of pyridine rings is 1. The van der Waals surface area contributed by atoms with Gasteiger partial charge in [-0.25, -0.2) is 4.98 Å². The normalized spacial score (nSPS) is 11.9. The first-order chi connectivity index (χ1) is 17.0. The maximum atomic E-state index is 5.15. The van der Waals surface area contributed by atoms with E-state index in [-0.39, 0.29) is 43.4 Å². The van der Waals surface area contributed by atoms with Crippen molar-refractivity contribution in [1.29, 1.82) is 0 Å². The van der Waals surface area contributed by atoms with Gasteiger partial charge in [0.05, 0.1) is 34.2 Å². The Balaban J connectivity index is 0.00000481. The minimum absolute atomic E-state index is 0. The first kappa shape index (κ1) is 37.1. The monoisotopic (exact) mass is 602 g/mol. The molecule has 0 aliphatic rings. The molecule has 1 radical (unpaired) electrons. The summed E-state index contributed by atoms with van der Waals surface area (Å²) in [5, 5.41) is 0. The quantitative estimate of drug-likeness (QED) is 0.361. The standard InChI is InChI=1S/C33H43N3.2ClH.V/c1-20(2)26-14-11-15-27(21(3)4)32(26)34-24(9)30-18-13-19-31(36-30)25(10)35-33-28(22(5)6)16-12-17-29(33)23(7)8;;;/h11-23H,1-10H3;2*1H;/q;;;+2/p-2. The minimum Gasteiger partial charge on any atom is -1.00 e. The Morgan fingerprint density at radius 1 is 0.513 bits per heavy atom. The zero-order valence-corrected chi connectivity index (χ0v) is 28.0. The molecule has 0 fully saturated rings. The van der Waals surface area contributed by atoms with E-state index in [0.717, 1.165) is 34.2 Å². The average Bonchev–Trinajstić information content (AvgIpc) is 2.83. The molecular weight excluding hydrogens is 560 g/mol. The summed E-state index contributed by atoms with van der Waals surface area (Å²) < 4.78 is 0. The van der Waals surface area contributed by atoms with Crippen LogP contribution in [0.25, 0.3) is 0 Å². The smallest absolute Gasteiger partial charge is 1.00 e. The van der Waals surface area contributed by atoms with Gasteiger partial charge in [0.25, 0.3) is 0 Å². The zero-order chi connectivity index (χ0) is 26.6. The van der Waals surface area contributed by atoms with E-state index in [0.29, 0.717) is 23.7 Å². The molecule has 0 spiro atoms. The van der Waals surface area contributed by atoms with Crippen LogP contribution >= 0.6 is 0 Å². The van der Waals surface area contributed by atoms with Crippen molar-refractivity contribution in [2.75, 3.05) is 0 Å². The molecule has 209 valence electrons. The molecule has 0 aliphatic carbocycles. The molecule has 0 saturated heterocycles. The fourth-order valence-corrected chi connectivity index (χ4v) is 4.57. The van der Waals surface area contributed by atoms with Crippen LogP contribution in [0.15, 0.2) is 64.6 Å². The molecule has 1 heterocycles. The van der Waals surface area contributed by atoms with Gasteiger partial charge < -0.3 is 24.8 Å². The number of aliphatic imine (C=N–C) groups is 2. The zero-order valence-electron chi connectivity index (χ0n) is 25.1. The SMILES string of the molecule is CC(=Nc1c(C(C)C)cccc1C(C)C)c1cccc(C(C)=Nc2c(C(C)C)cccc2C(C)C)n1.[Cl-].[Cl-].[V+2]. The molecule has 0 unspecified atom stereocenters. The third-order valence-electron chi connectivity index (χ3n) is 6.73. The minimum atomic E-state index is 0. The average molecular weight is 604 g/mol. The molecular formula is C33H43Cl2N3V. The molecule has 0 bridgehead atoms. The van der Waals surface area contributed by atoms with Gasteiger partial charge in [-0.15, -0.1) is 0 Å². The Bertz CT molecular complexity index is 1130. The van der Waals surface area contributed by atoms with Gasteiger partial charge in [-0.3, -0.25) is 9.98 Å². The molecule has 0 atom stereocenters. The first-order valence-electron chi connectivity index (χ1n) is 13.3. The molecule has 2 aromatic carbocycles. The van der Waals surface area contributed by atoms with Crippen LogP contribution < -0.4 is 24.8 Å². The first-order valence-corrected chi connectivity index (χ1v) is 13.3. The van der Waals surface area contributed by atoms with Crippen LogP contribution in [-0.2, 0) is 18.6 Å². The van der Waals surface area contributed by atoms with Crippen molar-refractivity contribution in [3.8, 4) is 0 Å². The Labute approximate surface area is 261 Å². The van der Waals surface area contributed by atoms with Crippen LogP contribution in [0, 0.1) is 0 Å². The van der Waals surface area contributed by atoms with Crippen LogP contribution in [0.1, 0.15) is 127 Å². The molecule has 3 rings (SSSR count). The van der Waals surface area contributed by atoms with Crippen molar-refractivity contribution in [2.45, 2.75) is 92.9 Å². The van der Waals surface area contributed by atoms with E-state index in [1.807, 2.05) is 12.1 Å². The number of halogens is 2. The molecule has 3 nitrogen and oxygen atoms in total. The second kappa shape index (κ2) is 16.4. The molecule has 3 aromatic rings. The summed E-state index contributed by atoms with van der Waals surface area (Å²) in [6, 6.07) is 19.2. The molecule has 1 aromatic heterocycles. The predicted octanol–water partition coefficient (Wildman–Crippen LogP) is 3.86. The van der Waals surface area contributed by atoms with Crippen LogP contribution in [0.3, 0.4) is 0 Å². The second-order valence-electron chi connectivity index (χ2n) is 11.0. The number of rotatable bonds is 8. The van der Waals surface area contributed by atoms with Crippen molar-refractivity contribution in [2.24, 2.45) is 9.98 Å². The van der Waals surface area contributed by atoms with Gasteiger partial charge in [0, 0.05) is 0 Å². The summed E-state index contributed by atoms with van der Waals surface area (Å²) in [4.78, 5) is 15.3. The molecule has 39 heavy (non-hydrogen) atoms. The van der Waals surface area contributed by atoms with Crippen LogP contribution in [0.5, 0.6) is 0 Å². The topological polar surface area (TPSA) is 37.6 Å². The summed E-state index contributed by atoms with van der Waals surface area (Å²) in [6.45, 7) is 22.0. The van der Waals surface area contributed by atoms with Gasteiger partial charge in [0.2, 0.25) is 0 Å². The molecule has 0 amide bonds. The van der Waals surface area contributed by atoms with Crippen LogP contribution in [-0.4, -0.2) is 16.4 Å². The fraction of sp³-hybridized carbons (Fsp3) is 0.424. The number of para-hydroxylation sites is 2. The van der Waals surface area contributed by atoms with Crippen molar-refractivity contribution < 1.29 is 43.4 Å². The number of nitrogens with zero attached hydrogens (tertiary/aromatic N) is 3. The summed E-state index contributed by atoms with van der Waals surface area (Å²) in [7, 11) is 0. The van der Waals surface area contributed by atoms with Crippen molar-refractivity contribution in [3.05, 3.63) is 88.2 Å². The molecule has 6 heteroatoms. The Morgan fingerprint density at radius 2 is 0.769 bits per heavy atom. The number of hydrogen-bond donors (Lipinski definition) is 0. The third kappa shape index (κ3) is 9.05. The summed E-state index contributed by atoms with van der Waals surface area (Å²) in [5.74, 6) is 1.61. The summed E-state index contributed by atoms with van der Waals surface area (Å²) >= 11 is 0. The summed E-state index contributed by atoms with van der Waals surface area (Å²) in [6.07, 6.45) is 0. The van der Waals surface area contributed by atoms with E-state index >= 15 is 0 Å². The van der Waals surface area contributed by atoms with Gasteiger partial charge in [0.1, 0.15) is 0 Å². The predicted molar refractivity (Wildman–Crippen MR) is 157 cm³/mol. The van der Waals surface area contributed by atoms with E-state index in [2.05, 4.69) is 112 Å². The Hall–Kier alpha value is -1.91. The third-order valence-corrected chi connectivity index (χ3v) is 6.73.